The van der Waals surface area contributed by atoms with Crippen molar-refractivity contribution in [1.29, 1.82) is 0 Å². The SMILES string of the molecule is CCn1cc(Br)cc1C(=O)N(C)Cc1ccccc1OC. The van der Waals surface area contributed by atoms with Gasteiger partial charge in [-0.3, -0.25) is 4.79 Å². The van der Waals surface area contributed by atoms with E-state index in [1.165, 1.54) is 0 Å². The van der Waals surface area contributed by atoms with Gasteiger partial charge in [0.05, 0.1) is 7.11 Å². The number of para-hydroxylation sites is 1. The average molecular weight is 351 g/mol. The topological polar surface area (TPSA) is 34.5 Å². The minimum absolute atomic E-state index is 0.00606. The first-order valence-corrected chi connectivity index (χ1v) is 7.59. The Labute approximate surface area is 133 Å². The van der Waals surface area contributed by atoms with E-state index in [0.717, 1.165) is 22.3 Å². The van der Waals surface area contributed by atoms with Crippen LogP contribution in [0.25, 0.3) is 0 Å². The van der Waals surface area contributed by atoms with Crippen LogP contribution in [0.2, 0.25) is 0 Å². The summed E-state index contributed by atoms with van der Waals surface area (Å²) in [5.74, 6) is 0.790. The maximum atomic E-state index is 12.6. The molecular weight excluding hydrogens is 332 g/mol. The quantitative estimate of drug-likeness (QED) is 0.826. The molecule has 1 heterocycles. The van der Waals surface area contributed by atoms with Gasteiger partial charge in [0.2, 0.25) is 0 Å². The minimum Gasteiger partial charge on any atom is -0.496 e. The number of carbonyl (C=O) groups excluding carboxylic acids is 1. The summed E-state index contributed by atoms with van der Waals surface area (Å²) in [5.41, 5.74) is 1.67. The highest BCUT2D eigenvalue weighted by molar-refractivity contribution is 9.10. The number of methoxy groups -OCH3 is 1. The molecule has 2 aromatic rings. The minimum atomic E-state index is -0.00606. The average Bonchev–Trinajstić information content (AvgIpc) is 2.88. The van der Waals surface area contributed by atoms with Crippen molar-refractivity contribution < 1.29 is 9.53 Å². The molecular formula is C16H19BrN2O2. The van der Waals surface area contributed by atoms with Crippen LogP contribution < -0.4 is 4.74 Å². The Kier molecular flexibility index (Phi) is 5.07. The molecule has 21 heavy (non-hydrogen) atoms. The van der Waals surface area contributed by atoms with Crippen molar-refractivity contribution in [3.8, 4) is 5.75 Å². The Morgan fingerprint density at radius 2 is 2.10 bits per heavy atom. The highest BCUT2D eigenvalue weighted by atomic mass is 79.9. The first kappa shape index (κ1) is 15.6. The normalized spacial score (nSPS) is 10.5. The van der Waals surface area contributed by atoms with Gasteiger partial charge in [0.15, 0.2) is 0 Å². The van der Waals surface area contributed by atoms with Crippen molar-refractivity contribution in [2.24, 2.45) is 0 Å². The maximum absolute atomic E-state index is 12.6. The van der Waals surface area contributed by atoms with Crippen LogP contribution >= 0.6 is 15.9 Å². The van der Waals surface area contributed by atoms with Crippen molar-refractivity contribution in [2.75, 3.05) is 14.2 Å². The van der Waals surface area contributed by atoms with Crippen LogP contribution in [0.15, 0.2) is 41.0 Å². The van der Waals surface area contributed by atoms with Crippen molar-refractivity contribution in [2.45, 2.75) is 20.0 Å². The van der Waals surface area contributed by atoms with E-state index in [4.69, 9.17) is 4.74 Å². The molecule has 0 radical (unpaired) electrons. The third-order valence-electron chi connectivity index (χ3n) is 3.37. The van der Waals surface area contributed by atoms with Gasteiger partial charge in [0.1, 0.15) is 11.4 Å². The lowest BCUT2D eigenvalue weighted by Crippen LogP contribution is -2.28. The number of aryl methyl sites for hydroxylation is 1. The van der Waals surface area contributed by atoms with Gasteiger partial charge in [0, 0.05) is 36.4 Å². The fraction of sp³-hybridized carbons (Fsp3) is 0.312. The molecule has 0 saturated carbocycles. The van der Waals surface area contributed by atoms with Gasteiger partial charge in [-0.05, 0) is 35.0 Å². The lowest BCUT2D eigenvalue weighted by Gasteiger charge is -2.19. The molecule has 0 N–H and O–H groups in total. The lowest BCUT2D eigenvalue weighted by molar-refractivity contribution is 0.0773. The van der Waals surface area contributed by atoms with Gasteiger partial charge < -0.3 is 14.2 Å². The molecule has 1 amide bonds. The van der Waals surface area contributed by atoms with Gasteiger partial charge in [-0.1, -0.05) is 18.2 Å². The summed E-state index contributed by atoms with van der Waals surface area (Å²) in [5, 5.41) is 0. The zero-order valence-corrected chi connectivity index (χ0v) is 14.1. The highest BCUT2D eigenvalue weighted by Gasteiger charge is 2.18. The van der Waals surface area contributed by atoms with Crippen LogP contribution in [-0.2, 0) is 13.1 Å². The fourth-order valence-corrected chi connectivity index (χ4v) is 2.74. The molecule has 0 aliphatic rings. The zero-order valence-electron chi connectivity index (χ0n) is 12.5. The van der Waals surface area contributed by atoms with Gasteiger partial charge in [0.25, 0.3) is 5.91 Å². The van der Waals surface area contributed by atoms with Gasteiger partial charge in [-0.15, -0.1) is 0 Å². The summed E-state index contributed by atoms with van der Waals surface area (Å²) >= 11 is 3.42. The smallest absolute Gasteiger partial charge is 0.270 e. The number of amides is 1. The highest BCUT2D eigenvalue weighted by Crippen LogP contribution is 2.21. The molecule has 112 valence electrons. The molecule has 0 aliphatic heterocycles. The molecule has 0 bridgehead atoms. The number of rotatable bonds is 5. The summed E-state index contributed by atoms with van der Waals surface area (Å²) in [6.07, 6.45) is 1.92. The zero-order chi connectivity index (χ0) is 15.4. The molecule has 0 spiro atoms. The Hall–Kier alpha value is -1.75. The van der Waals surface area contributed by atoms with E-state index < -0.39 is 0 Å². The van der Waals surface area contributed by atoms with Crippen LogP contribution in [0, 0.1) is 0 Å². The van der Waals surface area contributed by atoms with Crippen molar-refractivity contribution in [3.05, 3.63) is 52.3 Å². The van der Waals surface area contributed by atoms with Crippen LogP contribution in [0.4, 0.5) is 0 Å². The molecule has 0 atom stereocenters. The second-order valence-corrected chi connectivity index (χ2v) is 5.72. The molecule has 4 nitrogen and oxygen atoms in total. The molecule has 0 saturated heterocycles. The predicted octanol–water partition coefficient (Wildman–Crippen LogP) is 3.55. The Balaban J connectivity index is 2.19. The number of aromatic nitrogens is 1. The molecule has 0 unspecified atom stereocenters. The third-order valence-corrected chi connectivity index (χ3v) is 3.80. The first-order chi connectivity index (χ1) is 10.1. The van der Waals surface area contributed by atoms with Gasteiger partial charge in [-0.2, -0.15) is 0 Å². The van der Waals surface area contributed by atoms with Crippen molar-refractivity contribution >= 4 is 21.8 Å². The van der Waals surface area contributed by atoms with E-state index in [1.807, 2.05) is 48.0 Å². The van der Waals surface area contributed by atoms with Crippen molar-refractivity contribution in [1.82, 2.24) is 9.47 Å². The van der Waals surface area contributed by atoms with Gasteiger partial charge in [-0.25, -0.2) is 0 Å². The summed E-state index contributed by atoms with van der Waals surface area (Å²) in [6, 6.07) is 9.59. The molecule has 0 fully saturated rings. The standard InChI is InChI=1S/C16H19BrN2O2/c1-4-19-11-13(17)9-14(19)16(20)18(2)10-12-7-5-6-8-15(12)21-3/h5-9,11H,4,10H2,1-3H3. The summed E-state index contributed by atoms with van der Waals surface area (Å²) in [7, 11) is 3.44. The number of hydrogen-bond donors (Lipinski definition) is 0. The van der Waals surface area contributed by atoms with Gasteiger partial charge >= 0.3 is 0 Å². The lowest BCUT2D eigenvalue weighted by atomic mass is 10.2. The first-order valence-electron chi connectivity index (χ1n) is 6.79. The number of benzene rings is 1. The molecule has 5 heteroatoms. The largest absolute Gasteiger partial charge is 0.496 e. The number of hydrogen-bond acceptors (Lipinski definition) is 2. The Morgan fingerprint density at radius 1 is 1.38 bits per heavy atom. The van der Waals surface area contributed by atoms with Crippen LogP contribution in [-0.4, -0.2) is 29.5 Å². The summed E-state index contributed by atoms with van der Waals surface area (Å²) < 4.78 is 8.18. The van der Waals surface area contributed by atoms with Crippen LogP contribution in [0.1, 0.15) is 23.0 Å². The second-order valence-electron chi connectivity index (χ2n) is 4.80. The molecule has 0 aliphatic carbocycles. The summed E-state index contributed by atoms with van der Waals surface area (Å²) in [4.78, 5) is 14.3. The Bertz CT molecular complexity index is 637. The Morgan fingerprint density at radius 3 is 2.76 bits per heavy atom. The van der Waals surface area contributed by atoms with E-state index in [0.29, 0.717) is 12.2 Å². The predicted molar refractivity (Wildman–Crippen MR) is 86.6 cm³/mol. The van der Waals surface area contributed by atoms with E-state index >= 15 is 0 Å². The van der Waals surface area contributed by atoms with Crippen LogP contribution in [0.3, 0.4) is 0 Å². The maximum Gasteiger partial charge on any atom is 0.270 e. The molecule has 1 aromatic heterocycles. The van der Waals surface area contributed by atoms with E-state index in [-0.39, 0.29) is 5.91 Å². The fourth-order valence-electron chi connectivity index (χ4n) is 2.27. The third kappa shape index (κ3) is 3.47. The van der Waals surface area contributed by atoms with E-state index in [2.05, 4.69) is 15.9 Å². The number of halogens is 1. The van der Waals surface area contributed by atoms with E-state index in [1.54, 1.807) is 19.1 Å². The molecule has 2 rings (SSSR count). The monoisotopic (exact) mass is 350 g/mol. The number of carbonyl (C=O) groups is 1. The van der Waals surface area contributed by atoms with E-state index in [9.17, 15) is 4.79 Å². The second kappa shape index (κ2) is 6.80. The number of ether oxygens (including phenoxy) is 1. The van der Waals surface area contributed by atoms with Crippen molar-refractivity contribution in [3.63, 3.8) is 0 Å². The van der Waals surface area contributed by atoms with Crippen LogP contribution in [0.5, 0.6) is 5.75 Å². The number of nitrogens with zero attached hydrogens (tertiary/aromatic N) is 2. The molecule has 1 aromatic carbocycles. The summed E-state index contributed by atoms with van der Waals surface area (Å²) in [6.45, 7) is 3.29.